The first kappa shape index (κ1) is 20.5. The predicted molar refractivity (Wildman–Crippen MR) is 115 cm³/mol. The topological polar surface area (TPSA) is 54.9 Å². The van der Waals surface area contributed by atoms with Crippen LogP contribution in [-0.2, 0) is 6.61 Å². The van der Waals surface area contributed by atoms with Crippen LogP contribution in [-0.4, -0.2) is 24.5 Å². The fourth-order valence-electron chi connectivity index (χ4n) is 2.29. The number of thiocarbonyl (C=S) groups is 1. The van der Waals surface area contributed by atoms with E-state index in [9.17, 15) is 0 Å². The largest absolute Gasteiger partial charge is 0.490 e. The molecule has 0 aromatic heterocycles. The lowest BCUT2D eigenvalue weighted by Gasteiger charge is -2.13. The van der Waals surface area contributed by atoms with E-state index in [0.717, 1.165) is 11.1 Å². The number of benzene rings is 2. The summed E-state index contributed by atoms with van der Waals surface area (Å²) in [7, 11) is 0. The summed E-state index contributed by atoms with van der Waals surface area (Å²) < 4.78 is 11.7. The van der Waals surface area contributed by atoms with Crippen LogP contribution in [0.2, 0.25) is 0 Å². The lowest BCUT2D eigenvalue weighted by molar-refractivity contribution is 0.269. The van der Waals surface area contributed by atoms with Crippen molar-refractivity contribution in [2.45, 2.75) is 20.5 Å². The van der Waals surface area contributed by atoms with Crippen LogP contribution in [0.5, 0.6) is 11.5 Å². The Morgan fingerprint density at radius 2 is 2.00 bits per heavy atom. The molecule has 0 spiro atoms. The molecule has 0 unspecified atom stereocenters. The summed E-state index contributed by atoms with van der Waals surface area (Å²) in [5, 5.41) is 7.50. The zero-order valence-corrected chi connectivity index (χ0v) is 16.5. The molecule has 0 bridgehead atoms. The number of hydrogen-bond donors (Lipinski definition) is 2. The molecule has 0 aliphatic heterocycles. The van der Waals surface area contributed by atoms with Gasteiger partial charge in [0.05, 0.1) is 12.8 Å². The van der Waals surface area contributed by atoms with Crippen molar-refractivity contribution >= 4 is 23.5 Å². The molecule has 0 atom stereocenters. The molecule has 0 saturated carbocycles. The molecule has 142 valence electrons. The lowest BCUT2D eigenvalue weighted by atomic mass is 10.1. The van der Waals surface area contributed by atoms with E-state index in [0.29, 0.717) is 36.4 Å². The summed E-state index contributed by atoms with van der Waals surface area (Å²) in [5.41, 5.74) is 5.98. The van der Waals surface area contributed by atoms with Crippen LogP contribution in [0, 0.1) is 6.92 Å². The van der Waals surface area contributed by atoms with Gasteiger partial charge < -0.3 is 14.8 Å². The first-order valence-electron chi connectivity index (χ1n) is 8.76. The fraction of sp³-hybridized carbons (Fsp3) is 0.238. The minimum Gasteiger partial charge on any atom is -0.490 e. The first-order valence-corrected chi connectivity index (χ1v) is 9.16. The standard InChI is InChI=1S/C21H25N3O2S/c1-4-12-22-21(27)24-23-14-17-10-11-19(20(13-17)25-5-2)26-15-18-9-7-6-8-16(18)3/h4,6-11,13-14H,1,5,12,15H2,2-3H3,(H2,22,24,27)/b23-14+. The molecule has 0 radical (unpaired) electrons. The molecule has 2 aromatic rings. The average molecular weight is 384 g/mol. The molecule has 0 aliphatic rings. The van der Waals surface area contributed by atoms with Crippen molar-refractivity contribution in [3.05, 3.63) is 71.8 Å². The van der Waals surface area contributed by atoms with Gasteiger partial charge in [-0.05, 0) is 61.0 Å². The summed E-state index contributed by atoms with van der Waals surface area (Å²) in [5.74, 6) is 1.38. The third-order valence-corrected chi connectivity index (χ3v) is 3.93. The molecule has 0 aliphatic carbocycles. The monoisotopic (exact) mass is 383 g/mol. The van der Waals surface area contributed by atoms with Crippen LogP contribution in [0.25, 0.3) is 0 Å². The Bertz CT molecular complexity index is 806. The van der Waals surface area contributed by atoms with Gasteiger partial charge >= 0.3 is 0 Å². The molecule has 5 nitrogen and oxygen atoms in total. The third kappa shape index (κ3) is 6.75. The summed E-state index contributed by atoms with van der Waals surface area (Å²) in [6.07, 6.45) is 3.40. The Balaban J connectivity index is 2.03. The van der Waals surface area contributed by atoms with Gasteiger partial charge in [-0.2, -0.15) is 5.10 Å². The molecule has 0 fully saturated rings. The SMILES string of the molecule is C=CCNC(=S)N/N=C/c1ccc(OCc2ccccc2C)c(OCC)c1. The molecular weight excluding hydrogens is 358 g/mol. The van der Waals surface area contributed by atoms with Gasteiger partial charge in [0.25, 0.3) is 0 Å². The van der Waals surface area contributed by atoms with Crippen LogP contribution in [0.1, 0.15) is 23.6 Å². The van der Waals surface area contributed by atoms with E-state index in [1.165, 1.54) is 5.56 Å². The number of ether oxygens (including phenoxy) is 2. The second kappa shape index (κ2) is 11.0. The van der Waals surface area contributed by atoms with E-state index in [4.69, 9.17) is 21.7 Å². The van der Waals surface area contributed by atoms with Crippen molar-refractivity contribution in [3.8, 4) is 11.5 Å². The smallest absolute Gasteiger partial charge is 0.187 e. The molecule has 6 heteroatoms. The van der Waals surface area contributed by atoms with Gasteiger partial charge in [-0.15, -0.1) is 6.58 Å². The van der Waals surface area contributed by atoms with E-state index in [-0.39, 0.29) is 0 Å². The second-order valence-electron chi connectivity index (χ2n) is 5.72. The van der Waals surface area contributed by atoms with Gasteiger partial charge in [0.1, 0.15) is 6.61 Å². The normalized spacial score (nSPS) is 10.4. The maximum Gasteiger partial charge on any atom is 0.187 e. The number of aryl methyl sites for hydroxylation is 1. The molecule has 2 rings (SSSR count). The van der Waals surface area contributed by atoms with Gasteiger partial charge in [0, 0.05) is 6.54 Å². The van der Waals surface area contributed by atoms with Crippen molar-refractivity contribution in [2.24, 2.45) is 5.10 Å². The average Bonchev–Trinajstić information content (AvgIpc) is 2.67. The van der Waals surface area contributed by atoms with Crippen LogP contribution in [0.15, 0.2) is 60.2 Å². The molecule has 27 heavy (non-hydrogen) atoms. The molecular formula is C21H25N3O2S. The van der Waals surface area contributed by atoms with Gasteiger partial charge in [0.15, 0.2) is 16.6 Å². The van der Waals surface area contributed by atoms with Gasteiger partial charge in [-0.1, -0.05) is 30.3 Å². The summed E-state index contributed by atoms with van der Waals surface area (Å²) in [4.78, 5) is 0. The van der Waals surface area contributed by atoms with Crippen molar-refractivity contribution in [2.75, 3.05) is 13.2 Å². The Labute approximate surface area is 166 Å². The maximum absolute atomic E-state index is 5.97. The molecule has 2 aromatic carbocycles. The number of nitrogens with zero attached hydrogens (tertiary/aromatic N) is 1. The van der Waals surface area contributed by atoms with Crippen molar-refractivity contribution in [1.82, 2.24) is 10.7 Å². The van der Waals surface area contributed by atoms with Crippen LogP contribution < -0.4 is 20.2 Å². The van der Waals surface area contributed by atoms with Crippen LogP contribution in [0.3, 0.4) is 0 Å². The number of hydrogen-bond acceptors (Lipinski definition) is 4. The zero-order valence-electron chi connectivity index (χ0n) is 15.7. The van der Waals surface area contributed by atoms with E-state index in [2.05, 4.69) is 41.5 Å². The van der Waals surface area contributed by atoms with Crippen molar-refractivity contribution in [1.29, 1.82) is 0 Å². The first-order chi connectivity index (χ1) is 13.1. The highest BCUT2D eigenvalue weighted by molar-refractivity contribution is 7.80. The number of nitrogens with one attached hydrogen (secondary N) is 2. The number of rotatable bonds is 9. The Hall–Kier alpha value is -2.86. The minimum absolute atomic E-state index is 0.439. The summed E-state index contributed by atoms with van der Waals surface area (Å²) in [6.45, 7) is 9.26. The van der Waals surface area contributed by atoms with Crippen molar-refractivity contribution in [3.63, 3.8) is 0 Å². The van der Waals surface area contributed by atoms with Crippen LogP contribution in [0.4, 0.5) is 0 Å². The Kier molecular flexibility index (Phi) is 8.32. The number of hydrazone groups is 1. The van der Waals surface area contributed by atoms with Crippen LogP contribution >= 0.6 is 12.2 Å². The zero-order chi connectivity index (χ0) is 19.5. The minimum atomic E-state index is 0.439. The Morgan fingerprint density at radius 1 is 1.19 bits per heavy atom. The molecule has 0 saturated heterocycles. The fourth-order valence-corrected chi connectivity index (χ4v) is 2.43. The predicted octanol–water partition coefficient (Wildman–Crippen LogP) is 3.96. The highest BCUT2D eigenvalue weighted by Gasteiger charge is 2.07. The summed E-state index contributed by atoms with van der Waals surface area (Å²) >= 11 is 5.09. The second-order valence-corrected chi connectivity index (χ2v) is 6.13. The summed E-state index contributed by atoms with van der Waals surface area (Å²) in [6, 6.07) is 13.9. The highest BCUT2D eigenvalue weighted by Crippen LogP contribution is 2.29. The molecule has 0 heterocycles. The quantitative estimate of drug-likeness (QED) is 0.297. The van der Waals surface area contributed by atoms with Gasteiger partial charge in [0.2, 0.25) is 0 Å². The maximum atomic E-state index is 5.97. The van der Waals surface area contributed by atoms with Crippen molar-refractivity contribution < 1.29 is 9.47 Å². The van der Waals surface area contributed by atoms with E-state index >= 15 is 0 Å². The van der Waals surface area contributed by atoms with E-state index in [1.54, 1.807) is 12.3 Å². The lowest BCUT2D eigenvalue weighted by Crippen LogP contribution is -2.31. The van der Waals surface area contributed by atoms with Gasteiger partial charge in [-0.25, -0.2) is 0 Å². The van der Waals surface area contributed by atoms with Gasteiger partial charge in [-0.3, -0.25) is 5.43 Å². The third-order valence-electron chi connectivity index (χ3n) is 3.70. The van der Waals surface area contributed by atoms with E-state index < -0.39 is 0 Å². The Morgan fingerprint density at radius 3 is 2.74 bits per heavy atom. The molecule has 2 N–H and O–H groups in total. The molecule has 0 amide bonds. The van der Waals surface area contributed by atoms with E-state index in [1.807, 2.05) is 37.3 Å². The highest BCUT2D eigenvalue weighted by atomic mass is 32.1.